The van der Waals surface area contributed by atoms with E-state index in [1.807, 2.05) is 12.1 Å². The number of ether oxygens (including phenoxy) is 1. The summed E-state index contributed by atoms with van der Waals surface area (Å²) in [7, 11) is 0. The van der Waals surface area contributed by atoms with Crippen LogP contribution in [0.3, 0.4) is 0 Å². The summed E-state index contributed by atoms with van der Waals surface area (Å²) < 4.78 is 19.6. The summed E-state index contributed by atoms with van der Waals surface area (Å²) in [4.78, 5) is 0. The Kier molecular flexibility index (Phi) is 4.07. The van der Waals surface area contributed by atoms with Crippen LogP contribution in [0.4, 0.5) is 10.1 Å². The Bertz CT molecular complexity index is 763. The van der Waals surface area contributed by atoms with Crippen molar-refractivity contribution in [2.75, 3.05) is 11.9 Å². The number of hydrogen-bond acceptors (Lipinski definition) is 2. The van der Waals surface area contributed by atoms with Gasteiger partial charge >= 0.3 is 0 Å². The Morgan fingerprint density at radius 1 is 1.08 bits per heavy atom. The second kappa shape index (κ2) is 6.14. The van der Waals surface area contributed by atoms with Crippen LogP contribution in [0.1, 0.15) is 62.4 Å². The number of rotatable bonds is 1. The van der Waals surface area contributed by atoms with Crippen LogP contribution in [0.15, 0.2) is 42.5 Å². The molecule has 2 aliphatic rings. The number of nitrogens with one attached hydrogen (secondary N) is 1. The highest BCUT2D eigenvalue weighted by molar-refractivity contribution is 5.59. The number of anilines is 1. The van der Waals surface area contributed by atoms with Gasteiger partial charge in [-0.15, -0.1) is 0 Å². The molecule has 1 N–H and O–H groups in total. The summed E-state index contributed by atoms with van der Waals surface area (Å²) in [5.74, 6) is 0.188. The van der Waals surface area contributed by atoms with E-state index in [1.165, 1.54) is 11.1 Å². The van der Waals surface area contributed by atoms with Gasteiger partial charge in [-0.2, -0.15) is 0 Å². The van der Waals surface area contributed by atoms with Crippen molar-refractivity contribution < 1.29 is 9.13 Å². The summed E-state index contributed by atoms with van der Waals surface area (Å²) in [5, 5.41) is 3.71. The molecule has 0 spiro atoms. The molecule has 0 aliphatic carbocycles. The molecule has 1 fully saturated rings. The standard InChI is InChI=1S/C22H26FNO/c1-22(2,3)15-8-11-19-18(13-15)21-17(5-4-12-25-21)20(24-19)14-6-9-16(23)10-7-14/h6-11,13,17,20-21,24H,4-5,12H2,1-3H3/t17-,20-,21-/m0/s1. The van der Waals surface area contributed by atoms with Gasteiger partial charge in [0.25, 0.3) is 0 Å². The van der Waals surface area contributed by atoms with Crippen LogP contribution >= 0.6 is 0 Å². The largest absolute Gasteiger partial charge is 0.378 e. The van der Waals surface area contributed by atoms with E-state index in [-0.39, 0.29) is 23.4 Å². The van der Waals surface area contributed by atoms with Gasteiger partial charge in [-0.1, -0.05) is 45.0 Å². The molecule has 2 heterocycles. The lowest BCUT2D eigenvalue weighted by molar-refractivity contribution is -0.0382. The second-order valence-electron chi connectivity index (χ2n) is 8.32. The minimum absolute atomic E-state index is 0.113. The van der Waals surface area contributed by atoms with Gasteiger partial charge in [0, 0.05) is 23.8 Å². The van der Waals surface area contributed by atoms with Crippen molar-refractivity contribution in [2.45, 2.75) is 51.2 Å². The molecule has 0 saturated carbocycles. The number of benzene rings is 2. The minimum Gasteiger partial charge on any atom is -0.378 e. The molecule has 2 aromatic rings. The lowest BCUT2D eigenvalue weighted by atomic mass is 9.76. The summed E-state index contributed by atoms with van der Waals surface area (Å²) >= 11 is 0. The zero-order chi connectivity index (χ0) is 17.6. The maximum atomic E-state index is 13.3. The number of fused-ring (bicyclic) bond motifs is 3. The van der Waals surface area contributed by atoms with E-state index in [1.54, 1.807) is 12.1 Å². The zero-order valence-electron chi connectivity index (χ0n) is 15.2. The Hall–Kier alpha value is -1.87. The van der Waals surface area contributed by atoms with E-state index in [9.17, 15) is 4.39 Å². The molecule has 2 nitrogen and oxygen atoms in total. The van der Waals surface area contributed by atoms with E-state index in [0.717, 1.165) is 30.7 Å². The molecule has 2 aliphatic heterocycles. The van der Waals surface area contributed by atoms with Crippen molar-refractivity contribution in [3.63, 3.8) is 0 Å². The Balaban J connectivity index is 1.76. The van der Waals surface area contributed by atoms with Crippen LogP contribution in [-0.4, -0.2) is 6.61 Å². The minimum atomic E-state index is -0.189. The van der Waals surface area contributed by atoms with Gasteiger partial charge in [-0.3, -0.25) is 0 Å². The molecule has 25 heavy (non-hydrogen) atoms. The Morgan fingerprint density at radius 3 is 2.56 bits per heavy atom. The highest BCUT2D eigenvalue weighted by Crippen LogP contribution is 2.49. The van der Waals surface area contributed by atoms with Crippen molar-refractivity contribution in [1.82, 2.24) is 0 Å². The highest BCUT2D eigenvalue weighted by Gasteiger charge is 2.40. The average molecular weight is 339 g/mol. The molecule has 3 atom stereocenters. The molecule has 0 radical (unpaired) electrons. The van der Waals surface area contributed by atoms with E-state index in [0.29, 0.717) is 5.92 Å². The predicted octanol–water partition coefficient (Wildman–Crippen LogP) is 5.76. The van der Waals surface area contributed by atoms with Gasteiger partial charge in [-0.25, -0.2) is 4.39 Å². The van der Waals surface area contributed by atoms with Gasteiger partial charge in [0.15, 0.2) is 0 Å². The van der Waals surface area contributed by atoms with Crippen molar-refractivity contribution in [3.8, 4) is 0 Å². The molecular weight excluding hydrogens is 313 g/mol. The molecule has 2 aromatic carbocycles. The molecule has 4 rings (SSSR count). The topological polar surface area (TPSA) is 21.3 Å². The highest BCUT2D eigenvalue weighted by atomic mass is 19.1. The number of halogens is 1. The average Bonchev–Trinajstić information content (AvgIpc) is 2.60. The third-order valence-corrected chi connectivity index (χ3v) is 5.56. The summed E-state index contributed by atoms with van der Waals surface area (Å²) in [5.41, 5.74) is 5.00. The van der Waals surface area contributed by atoms with Crippen LogP contribution < -0.4 is 5.32 Å². The maximum absolute atomic E-state index is 13.3. The third kappa shape index (κ3) is 3.06. The quantitative estimate of drug-likeness (QED) is 0.713. The SMILES string of the molecule is CC(C)(C)c1ccc2c(c1)[C@H]1OCCC[C@H]1[C@H](c1ccc(F)cc1)N2. The Labute approximate surface area is 149 Å². The van der Waals surface area contributed by atoms with Crippen molar-refractivity contribution in [2.24, 2.45) is 5.92 Å². The first-order valence-corrected chi connectivity index (χ1v) is 9.21. The normalized spacial score (nSPS) is 25.7. The van der Waals surface area contributed by atoms with Gasteiger partial charge in [-0.05, 0) is 47.6 Å². The smallest absolute Gasteiger partial charge is 0.123 e. The van der Waals surface area contributed by atoms with Crippen molar-refractivity contribution in [1.29, 1.82) is 0 Å². The third-order valence-electron chi connectivity index (χ3n) is 5.56. The molecule has 0 aromatic heterocycles. The summed E-state index contributed by atoms with van der Waals surface area (Å²) in [6, 6.07) is 13.8. The van der Waals surface area contributed by atoms with E-state index in [4.69, 9.17) is 4.74 Å². The summed E-state index contributed by atoms with van der Waals surface area (Å²) in [6.07, 6.45) is 2.32. The molecule has 1 saturated heterocycles. The van der Waals surface area contributed by atoms with Crippen LogP contribution in [-0.2, 0) is 10.2 Å². The van der Waals surface area contributed by atoms with E-state index >= 15 is 0 Å². The van der Waals surface area contributed by atoms with Crippen LogP contribution in [0.25, 0.3) is 0 Å². The lowest BCUT2D eigenvalue weighted by Gasteiger charge is -2.44. The monoisotopic (exact) mass is 339 g/mol. The molecule has 132 valence electrons. The lowest BCUT2D eigenvalue weighted by Crippen LogP contribution is -2.36. The van der Waals surface area contributed by atoms with Crippen molar-refractivity contribution in [3.05, 3.63) is 65.0 Å². The van der Waals surface area contributed by atoms with Gasteiger partial charge in [0.2, 0.25) is 0 Å². The second-order valence-corrected chi connectivity index (χ2v) is 8.32. The van der Waals surface area contributed by atoms with Crippen LogP contribution in [0.2, 0.25) is 0 Å². The fourth-order valence-electron chi connectivity index (χ4n) is 4.14. The molecule has 0 amide bonds. The van der Waals surface area contributed by atoms with E-state index in [2.05, 4.69) is 44.3 Å². The molecule has 0 bridgehead atoms. The maximum Gasteiger partial charge on any atom is 0.123 e. The van der Waals surface area contributed by atoms with Crippen LogP contribution in [0, 0.1) is 11.7 Å². The first kappa shape index (κ1) is 16.6. The fraction of sp³-hybridized carbons (Fsp3) is 0.455. The van der Waals surface area contributed by atoms with Gasteiger partial charge in [0.05, 0.1) is 12.1 Å². The fourth-order valence-corrected chi connectivity index (χ4v) is 4.14. The van der Waals surface area contributed by atoms with E-state index < -0.39 is 0 Å². The zero-order valence-corrected chi connectivity index (χ0v) is 15.2. The van der Waals surface area contributed by atoms with Gasteiger partial charge < -0.3 is 10.1 Å². The van der Waals surface area contributed by atoms with Crippen molar-refractivity contribution >= 4 is 5.69 Å². The molecule has 3 heteroatoms. The van der Waals surface area contributed by atoms with Crippen LogP contribution in [0.5, 0.6) is 0 Å². The van der Waals surface area contributed by atoms with Gasteiger partial charge in [0.1, 0.15) is 5.82 Å². The first-order chi connectivity index (χ1) is 11.9. The Morgan fingerprint density at radius 2 is 1.84 bits per heavy atom. The molecule has 0 unspecified atom stereocenters. The number of hydrogen-bond donors (Lipinski definition) is 1. The molecular formula is C22H26FNO. The first-order valence-electron chi connectivity index (χ1n) is 9.21. The predicted molar refractivity (Wildman–Crippen MR) is 99.3 cm³/mol. The summed E-state index contributed by atoms with van der Waals surface area (Å²) in [6.45, 7) is 7.54.